The summed E-state index contributed by atoms with van der Waals surface area (Å²) in [5, 5.41) is 7.99. The summed E-state index contributed by atoms with van der Waals surface area (Å²) in [6, 6.07) is 12.3. The molecule has 0 amide bonds. The summed E-state index contributed by atoms with van der Waals surface area (Å²) < 4.78 is 4.01. The summed E-state index contributed by atoms with van der Waals surface area (Å²) in [5.41, 5.74) is 3.28. The molecule has 0 aliphatic carbocycles. The molecular weight excluding hydrogens is 262 g/mol. The molecule has 0 fully saturated rings. The summed E-state index contributed by atoms with van der Waals surface area (Å²) in [6.45, 7) is 2.97. The van der Waals surface area contributed by atoms with Gasteiger partial charge in [0.25, 0.3) is 0 Å². The first-order valence-electron chi connectivity index (χ1n) is 7.10. The smallest absolute Gasteiger partial charge is 0.0946 e. The maximum Gasteiger partial charge on any atom is 0.0946 e. The van der Waals surface area contributed by atoms with E-state index in [0.717, 1.165) is 23.6 Å². The minimum Gasteiger partial charge on any atom is -0.336 e. The Balaban J connectivity index is 2.06. The fraction of sp³-hybridized carbons (Fsp3) is 0.250. The molecule has 0 saturated carbocycles. The van der Waals surface area contributed by atoms with E-state index in [2.05, 4.69) is 34.5 Å². The minimum absolute atomic E-state index is 0.0604. The molecule has 0 aliphatic heterocycles. The van der Waals surface area contributed by atoms with Crippen molar-refractivity contribution >= 4 is 0 Å². The molecule has 21 heavy (non-hydrogen) atoms. The fourth-order valence-electron chi connectivity index (χ4n) is 2.53. The van der Waals surface area contributed by atoms with Crippen molar-refractivity contribution in [2.75, 3.05) is 6.54 Å². The zero-order chi connectivity index (χ0) is 14.7. The molecule has 0 bridgehead atoms. The van der Waals surface area contributed by atoms with Gasteiger partial charge in [-0.25, -0.2) is 9.67 Å². The number of hydrogen-bond acceptors (Lipinski definition) is 3. The molecular formula is C16H19N5. The van der Waals surface area contributed by atoms with E-state index in [0.29, 0.717) is 0 Å². The van der Waals surface area contributed by atoms with E-state index in [1.165, 1.54) is 0 Å². The molecule has 3 aromatic rings. The van der Waals surface area contributed by atoms with Crippen LogP contribution in [0.3, 0.4) is 0 Å². The third-order valence-electron chi connectivity index (χ3n) is 3.53. The minimum atomic E-state index is 0.0604. The topological polar surface area (TPSA) is 47.7 Å². The molecule has 108 valence electrons. The lowest BCUT2D eigenvalue weighted by Gasteiger charge is -2.20. The van der Waals surface area contributed by atoms with Crippen molar-refractivity contribution in [1.29, 1.82) is 0 Å². The highest BCUT2D eigenvalue weighted by Gasteiger charge is 2.20. The second-order valence-corrected chi connectivity index (χ2v) is 4.92. The van der Waals surface area contributed by atoms with E-state index in [9.17, 15) is 0 Å². The van der Waals surface area contributed by atoms with Crippen molar-refractivity contribution in [3.8, 4) is 5.69 Å². The van der Waals surface area contributed by atoms with E-state index >= 15 is 0 Å². The zero-order valence-electron chi connectivity index (χ0n) is 12.3. The maximum atomic E-state index is 4.48. The van der Waals surface area contributed by atoms with E-state index in [1.54, 1.807) is 0 Å². The number of aromatic nitrogens is 4. The van der Waals surface area contributed by atoms with Crippen LogP contribution in [0.2, 0.25) is 0 Å². The van der Waals surface area contributed by atoms with Crippen LogP contribution in [0.5, 0.6) is 0 Å². The number of para-hydroxylation sites is 1. The molecule has 5 nitrogen and oxygen atoms in total. The lowest BCUT2D eigenvalue weighted by atomic mass is 10.1. The molecule has 3 rings (SSSR count). The Bertz CT molecular complexity index is 698. The Kier molecular flexibility index (Phi) is 3.83. The highest BCUT2D eigenvalue weighted by molar-refractivity contribution is 5.35. The Morgan fingerprint density at radius 1 is 1.14 bits per heavy atom. The normalized spacial score (nSPS) is 12.5. The second kappa shape index (κ2) is 5.93. The third kappa shape index (κ3) is 2.60. The number of nitrogens with one attached hydrogen (secondary N) is 1. The molecule has 0 saturated heterocycles. The zero-order valence-corrected chi connectivity index (χ0v) is 12.3. The molecule has 0 radical (unpaired) electrons. The number of imidazole rings is 1. The van der Waals surface area contributed by atoms with Gasteiger partial charge in [-0.05, 0) is 24.7 Å². The Morgan fingerprint density at radius 3 is 2.62 bits per heavy atom. The first kappa shape index (κ1) is 13.6. The van der Waals surface area contributed by atoms with Gasteiger partial charge in [-0.15, -0.1) is 0 Å². The summed E-state index contributed by atoms with van der Waals surface area (Å²) >= 11 is 0. The number of hydrogen-bond donors (Lipinski definition) is 1. The Morgan fingerprint density at radius 2 is 1.95 bits per heavy atom. The number of benzene rings is 1. The summed E-state index contributed by atoms with van der Waals surface area (Å²) in [7, 11) is 2.01. The van der Waals surface area contributed by atoms with Crippen molar-refractivity contribution in [1.82, 2.24) is 24.6 Å². The molecule has 1 unspecified atom stereocenters. The first-order valence-corrected chi connectivity index (χ1v) is 7.10. The van der Waals surface area contributed by atoms with Crippen LogP contribution in [0, 0.1) is 0 Å². The van der Waals surface area contributed by atoms with Crippen LogP contribution in [0.25, 0.3) is 5.69 Å². The van der Waals surface area contributed by atoms with Crippen molar-refractivity contribution in [3.05, 3.63) is 66.5 Å². The largest absolute Gasteiger partial charge is 0.336 e. The SMILES string of the molecule is CCNC(c1cncn1C)c1ccnn1-c1ccccc1. The van der Waals surface area contributed by atoms with E-state index in [-0.39, 0.29) is 6.04 Å². The summed E-state index contributed by atoms with van der Waals surface area (Å²) in [4.78, 5) is 4.23. The van der Waals surface area contributed by atoms with Gasteiger partial charge in [0.05, 0.1) is 35.6 Å². The van der Waals surface area contributed by atoms with E-state index in [1.807, 2.05) is 59.3 Å². The molecule has 1 atom stereocenters. The molecule has 1 N–H and O–H groups in total. The van der Waals surface area contributed by atoms with E-state index < -0.39 is 0 Å². The lowest BCUT2D eigenvalue weighted by Crippen LogP contribution is -2.26. The van der Waals surface area contributed by atoms with Gasteiger partial charge in [0.2, 0.25) is 0 Å². The predicted octanol–water partition coefficient (Wildman–Crippen LogP) is 2.30. The van der Waals surface area contributed by atoms with Crippen molar-refractivity contribution in [2.45, 2.75) is 13.0 Å². The molecule has 0 aliphatic rings. The van der Waals surface area contributed by atoms with Gasteiger partial charge in [0.15, 0.2) is 0 Å². The standard InChI is InChI=1S/C16H19N5/c1-3-18-16(15-11-17-12-20(15)2)14-9-10-19-21(14)13-7-5-4-6-8-13/h4-12,16,18H,3H2,1-2H3. The van der Waals surface area contributed by atoms with E-state index in [4.69, 9.17) is 0 Å². The van der Waals surface area contributed by atoms with Gasteiger partial charge in [0.1, 0.15) is 0 Å². The number of aryl methyl sites for hydroxylation is 1. The quantitative estimate of drug-likeness (QED) is 0.780. The highest BCUT2D eigenvalue weighted by Crippen LogP contribution is 2.23. The molecule has 1 aromatic carbocycles. The van der Waals surface area contributed by atoms with Gasteiger partial charge < -0.3 is 9.88 Å². The molecule has 5 heteroatoms. The van der Waals surface area contributed by atoms with Gasteiger partial charge in [0, 0.05) is 13.2 Å². The van der Waals surface area contributed by atoms with Crippen molar-refractivity contribution in [2.24, 2.45) is 7.05 Å². The van der Waals surface area contributed by atoms with Crippen LogP contribution in [0.4, 0.5) is 0 Å². The number of rotatable bonds is 5. The highest BCUT2D eigenvalue weighted by atomic mass is 15.3. The van der Waals surface area contributed by atoms with Crippen molar-refractivity contribution in [3.63, 3.8) is 0 Å². The van der Waals surface area contributed by atoms with Gasteiger partial charge in [-0.1, -0.05) is 25.1 Å². The average molecular weight is 281 g/mol. The Hall–Kier alpha value is -2.40. The van der Waals surface area contributed by atoms with Crippen LogP contribution in [-0.2, 0) is 7.05 Å². The molecule has 2 aromatic heterocycles. The summed E-state index contributed by atoms with van der Waals surface area (Å²) in [5.74, 6) is 0. The van der Waals surface area contributed by atoms with Gasteiger partial charge >= 0.3 is 0 Å². The van der Waals surface area contributed by atoms with Crippen LogP contribution < -0.4 is 5.32 Å². The van der Waals surface area contributed by atoms with Crippen LogP contribution in [-0.4, -0.2) is 25.9 Å². The second-order valence-electron chi connectivity index (χ2n) is 4.92. The molecule has 0 spiro atoms. The average Bonchev–Trinajstić information content (AvgIpc) is 3.15. The number of nitrogens with zero attached hydrogens (tertiary/aromatic N) is 4. The van der Waals surface area contributed by atoms with Crippen LogP contribution in [0.15, 0.2) is 55.1 Å². The fourth-order valence-corrected chi connectivity index (χ4v) is 2.53. The molecule has 2 heterocycles. The maximum absolute atomic E-state index is 4.48. The lowest BCUT2D eigenvalue weighted by molar-refractivity contribution is 0.563. The van der Waals surface area contributed by atoms with Crippen LogP contribution in [0.1, 0.15) is 24.4 Å². The Labute approximate surface area is 124 Å². The van der Waals surface area contributed by atoms with Crippen molar-refractivity contribution < 1.29 is 0 Å². The van der Waals surface area contributed by atoms with Crippen LogP contribution >= 0.6 is 0 Å². The first-order chi connectivity index (χ1) is 10.3. The van der Waals surface area contributed by atoms with Gasteiger partial charge in [-0.3, -0.25) is 0 Å². The van der Waals surface area contributed by atoms with Gasteiger partial charge in [-0.2, -0.15) is 5.10 Å². The monoisotopic (exact) mass is 281 g/mol. The third-order valence-corrected chi connectivity index (χ3v) is 3.53. The summed E-state index contributed by atoms with van der Waals surface area (Å²) in [6.07, 6.45) is 5.56. The predicted molar refractivity (Wildman–Crippen MR) is 82.3 cm³/mol.